The maximum atomic E-state index is 13.8. The standard InChI is InChI=1S/C17H12BrFOS/c18-12-5-6-15(19)11(9-12)10-21-17-8-7-16(20)13-3-1-2-4-14(13)17/h1-9,20H,10H2. The summed E-state index contributed by atoms with van der Waals surface area (Å²) in [6.07, 6.45) is 0. The molecular weight excluding hydrogens is 351 g/mol. The van der Waals surface area contributed by atoms with E-state index in [9.17, 15) is 9.50 Å². The Hall–Kier alpha value is -1.52. The third-order valence-corrected chi connectivity index (χ3v) is 4.87. The summed E-state index contributed by atoms with van der Waals surface area (Å²) in [7, 11) is 0. The molecule has 4 heteroatoms. The molecule has 1 N–H and O–H groups in total. The van der Waals surface area contributed by atoms with Crippen LogP contribution in [0.3, 0.4) is 0 Å². The maximum absolute atomic E-state index is 13.8. The molecule has 106 valence electrons. The number of benzene rings is 3. The van der Waals surface area contributed by atoms with Crippen molar-refractivity contribution in [3.63, 3.8) is 0 Å². The van der Waals surface area contributed by atoms with Crippen LogP contribution in [0, 0.1) is 5.82 Å². The maximum Gasteiger partial charge on any atom is 0.127 e. The van der Waals surface area contributed by atoms with Crippen molar-refractivity contribution in [2.75, 3.05) is 0 Å². The van der Waals surface area contributed by atoms with E-state index in [2.05, 4.69) is 15.9 Å². The van der Waals surface area contributed by atoms with E-state index in [4.69, 9.17) is 0 Å². The Balaban J connectivity index is 1.92. The average Bonchev–Trinajstić information content (AvgIpc) is 2.50. The molecule has 3 rings (SSSR count). The van der Waals surface area contributed by atoms with Crippen LogP contribution in [-0.4, -0.2) is 5.11 Å². The molecule has 3 aromatic carbocycles. The van der Waals surface area contributed by atoms with Crippen molar-refractivity contribution < 1.29 is 9.50 Å². The molecule has 0 spiro atoms. The minimum Gasteiger partial charge on any atom is -0.507 e. The smallest absolute Gasteiger partial charge is 0.127 e. The summed E-state index contributed by atoms with van der Waals surface area (Å²) in [5.74, 6) is 0.609. The van der Waals surface area contributed by atoms with E-state index in [-0.39, 0.29) is 11.6 Å². The lowest BCUT2D eigenvalue weighted by atomic mass is 10.1. The van der Waals surface area contributed by atoms with Crippen molar-refractivity contribution in [1.29, 1.82) is 0 Å². The van der Waals surface area contributed by atoms with E-state index in [0.29, 0.717) is 11.3 Å². The van der Waals surface area contributed by atoms with Crippen LogP contribution < -0.4 is 0 Å². The highest BCUT2D eigenvalue weighted by molar-refractivity contribution is 9.10. The molecule has 0 saturated heterocycles. The molecule has 0 amide bonds. The van der Waals surface area contributed by atoms with Crippen LogP contribution in [0.5, 0.6) is 5.75 Å². The number of rotatable bonds is 3. The van der Waals surface area contributed by atoms with E-state index in [1.54, 1.807) is 30.0 Å². The summed E-state index contributed by atoms with van der Waals surface area (Å²) in [5.41, 5.74) is 0.659. The van der Waals surface area contributed by atoms with Crippen LogP contribution in [0.15, 0.2) is 64.0 Å². The lowest BCUT2D eigenvalue weighted by Crippen LogP contribution is -1.88. The van der Waals surface area contributed by atoms with Crippen LogP contribution in [0.1, 0.15) is 5.56 Å². The monoisotopic (exact) mass is 362 g/mol. The summed E-state index contributed by atoms with van der Waals surface area (Å²) in [4.78, 5) is 1.03. The fourth-order valence-corrected chi connectivity index (χ4v) is 3.63. The minimum atomic E-state index is -0.200. The van der Waals surface area contributed by atoms with Gasteiger partial charge in [-0.1, -0.05) is 40.2 Å². The van der Waals surface area contributed by atoms with Crippen molar-refractivity contribution in [3.8, 4) is 5.75 Å². The number of halogens is 2. The molecular formula is C17H12BrFOS. The molecule has 0 radical (unpaired) electrons. The van der Waals surface area contributed by atoms with Crippen molar-refractivity contribution >= 4 is 38.5 Å². The van der Waals surface area contributed by atoms with Crippen LogP contribution in [0.2, 0.25) is 0 Å². The Bertz CT molecular complexity index is 804. The largest absolute Gasteiger partial charge is 0.507 e. The summed E-state index contributed by atoms with van der Waals surface area (Å²) < 4.78 is 14.6. The Morgan fingerprint density at radius 3 is 2.57 bits per heavy atom. The second-order valence-electron chi connectivity index (χ2n) is 4.65. The second-order valence-corrected chi connectivity index (χ2v) is 6.59. The van der Waals surface area contributed by atoms with Gasteiger partial charge in [0.15, 0.2) is 0 Å². The molecule has 0 aromatic heterocycles. The first-order chi connectivity index (χ1) is 10.1. The molecule has 3 aromatic rings. The predicted molar refractivity (Wildman–Crippen MR) is 89.3 cm³/mol. The lowest BCUT2D eigenvalue weighted by molar-refractivity contribution is 0.481. The normalized spacial score (nSPS) is 11.0. The molecule has 0 aliphatic carbocycles. The van der Waals surface area contributed by atoms with Crippen molar-refractivity contribution in [2.45, 2.75) is 10.6 Å². The quantitative estimate of drug-likeness (QED) is 0.599. The van der Waals surface area contributed by atoms with Gasteiger partial charge in [-0.2, -0.15) is 0 Å². The third kappa shape index (κ3) is 3.06. The van der Waals surface area contributed by atoms with Crippen LogP contribution in [0.4, 0.5) is 4.39 Å². The van der Waals surface area contributed by atoms with E-state index < -0.39 is 0 Å². The zero-order valence-electron chi connectivity index (χ0n) is 11.0. The van der Waals surface area contributed by atoms with Gasteiger partial charge in [-0.05, 0) is 41.3 Å². The molecule has 0 bridgehead atoms. The molecule has 0 saturated carbocycles. The zero-order valence-corrected chi connectivity index (χ0v) is 13.4. The SMILES string of the molecule is Oc1ccc(SCc2cc(Br)ccc2F)c2ccccc12. The van der Waals surface area contributed by atoms with E-state index in [0.717, 1.165) is 20.1 Å². The highest BCUT2D eigenvalue weighted by Gasteiger charge is 2.08. The van der Waals surface area contributed by atoms with E-state index in [1.165, 1.54) is 6.07 Å². The molecule has 1 nitrogen and oxygen atoms in total. The fourth-order valence-electron chi connectivity index (χ4n) is 2.19. The van der Waals surface area contributed by atoms with Gasteiger partial charge in [-0.25, -0.2) is 4.39 Å². The number of thioether (sulfide) groups is 1. The van der Waals surface area contributed by atoms with Crippen molar-refractivity contribution in [1.82, 2.24) is 0 Å². The predicted octanol–water partition coefficient (Wildman–Crippen LogP) is 5.74. The topological polar surface area (TPSA) is 20.2 Å². The number of hydrogen-bond acceptors (Lipinski definition) is 2. The third-order valence-electron chi connectivity index (χ3n) is 3.25. The van der Waals surface area contributed by atoms with Gasteiger partial charge in [-0.15, -0.1) is 11.8 Å². The summed E-state index contributed by atoms with van der Waals surface area (Å²) >= 11 is 4.93. The fraction of sp³-hybridized carbons (Fsp3) is 0.0588. The molecule has 0 heterocycles. The molecule has 0 aliphatic rings. The molecule has 21 heavy (non-hydrogen) atoms. The first-order valence-electron chi connectivity index (χ1n) is 6.42. The number of phenolic OH excluding ortho intramolecular Hbond substituents is 1. The van der Waals surface area contributed by atoms with Crippen molar-refractivity contribution in [3.05, 3.63) is 70.5 Å². The zero-order chi connectivity index (χ0) is 14.8. The Morgan fingerprint density at radius 2 is 1.76 bits per heavy atom. The summed E-state index contributed by atoms with van der Waals surface area (Å²) in [5, 5.41) is 11.7. The first-order valence-corrected chi connectivity index (χ1v) is 8.20. The summed E-state index contributed by atoms with van der Waals surface area (Å²) in [6, 6.07) is 16.2. The minimum absolute atomic E-state index is 0.200. The van der Waals surface area contributed by atoms with Gasteiger partial charge in [-0.3, -0.25) is 0 Å². The molecule has 0 fully saturated rings. The van der Waals surface area contributed by atoms with Gasteiger partial charge < -0.3 is 5.11 Å². The van der Waals surface area contributed by atoms with Gasteiger partial charge in [0.25, 0.3) is 0 Å². The van der Waals surface area contributed by atoms with Crippen LogP contribution >= 0.6 is 27.7 Å². The number of hydrogen-bond donors (Lipinski definition) is 1. The van der Waals surface area contributed by atoms with E-state index in [1.807, 2.05) is 30.3 Å². The second kappa shape index (κ2) is 6.08. The van der Waals surface area contributed by atoms with Gasteiger partial charge in [0.2, 0.25) is 0 Å². The highest BCUT2D eigenvalue weighted by atomic mass is 79.9. The highest BCUT2D eigenvalue weighted by Crippen LogP contribution is 2.35. The molecule has 0 atom stereocenters. The van der Waals surface area contributed by atoms with Gasteiger partial charge in [0.05, 0.1) is 0 Å². The molecule has 0 unspecified atom stereocenters. The molecule has 0 aliphatic heterocycles. The number of phenols is 1. The Kier molecular flexibility index (Phi) is 4.17. The summed E-state index contributed by atoms with van der Waals surface area (Å²) in [6.45, 7) is 0. The van der Waals surface area contributed by atoms with Gasteiger partial charge in [0, 0.05) is 20.5 Å². The lowest BCUT2D eigenvalue weighted by Gasteiger charge is -2.08. The number of aromatic hydroxyl groups is 1. The van der Waals surface area contributed by atoms with Gasteiger partial charge in [0.1, 0.15) is 11.6 Å². The van der Waals surface area contributed by atoms with Crippen molar-refractivity contribution in [2.24, 2.45) is 0 Å². The van der Waals surface area contributed by atoms with Crippen LogP contribution in [0.25, 0.3) is 10.8 Å². The van der Waals surface area contributed by atoms with Crippen LogP contribution in [-0.2, 0) is 5.75 Å². The Labute approximate surface area is 134 Å². The number of fused-ring (bicyclic) bond motifs is 1. The van der Waals surface area contributed by atoms with E-state index >= 15 is 0 Å². The Morgan fingerprint density at radius 1 is 1.00 bits per heavy atom. The first kappa shape index (κ1) is 14.4. The average molecular weight is 363 g/mol. The van der Waals surface area contributed by atoms with Gasteiger partial charge >= 0.3 is 0 Å².